The lowest BCUT2D eigenvalue weighted by molar-refractivity contribution is 0.0994. The molecular weight excluding hydrogens is 330 g/mol. The Morgan fingerprint density at radius 1 is 1.15 bits per heavy atom. The molecule has 1 heterocycles. The second kappa shape index (κ2) is 7.60. The normalized spacial score (nSPS) is 10.5. The molecule has 3 rings (SSSR count). The molecule has 2 amide bonds. The van der Waals surface area contributed by atoms with Crippen LogP contribution in [0.1, 0.15) is 32.1 Å². The number of nitrogens with one attached hydrogen (secondary N) is 1. The molecule has 26 heavy (non-hydrogen) atoms. The highest BCUT2D eigenvalue weighted by Crippen LogP contribution is 2.16. The Kier molecular flexibility index (Phi) is 5.07. The van der Waals surface area contributed by atoms with Gasteiger partial charge in [-0.1, -0.05) is 18.2 Å². The van der Waals surface area contributed by atoms with E-state index in [0.29, 0.717) is 35.3 Å². The first-order valence-electron chi connectivity index (χ1n) is 8.18. The number of para-hydroxylation sites is 1. The van der Waals surface area contributed by atoms with Gasteiger partial charge < -0.3 is 15.6 Å². The van der Waals surface area contributed by atoms with E-state index in [2.05, 4.69) is 15.5 Å². The van der Waals surface area contributed by atoms with Crippen LogP contribution >= 0.6 is 0 Å². The Morgan fingerprint density at radius 3 is 2.58 bits per heavy atom. The summed E-state index contributed by atoms with van der Waals surface area (Å²) in [6.07, 6.45) is 2.16. The fraction of sp³-hybridized carbons (Fsp3) is 0.158. The molecule has 3 N–H and O–H groups in total. The molecule has 0 bridgehead atoms. The van der Waals surface area contributed by atoms with Crippen LogP contribution in [-0.2, 0) is 13.0 Å². The number of hydrogen-bond donors (Lipinski definition) is 2. The molecule has 132 valence electrons. The molecular formula is C19H19N5O2. The van der Waals surface area contributed by atoms with Gasteiger partial charge in [0.1, 0.15) is 12.2 Å². The highest BCUT2D eigenvalue weighted by molar-refractivity contribution is 6.05. The maximum absolute atomic E-state index is 12.5. The summed E-state index contributed by atoms with van der Waals surface area (Å²) < 4.78 is 1.88. The average Bonchev–Trinajstić information content (AvgIpc) is 3.05. The van der Waals surface area contributed by atoms with E-state index in [0.717, 1.165) is 5.82 Å². The number of amides is 2. The predicted octanol–water partition coefficient (Wildman–Crippen LogP) is 2.18. The molecule has 0 aliphatic heterocycles. The third-order valence-corrected chi connectivity index (χ3v) is 4.10. The van der Waals surface area contributed by atoms with Crippen LogP contribution < -0.4 is 11.1 Å². The summed E-state index contributed by atoms with van der Waals surface area (Å²) in [6, 6.07) is 14.1. The Bertz CT molecular complexity index is 934. The topological polar surface area (TPSA) is 103 Å². The molecule has 0 saturated heterocycles. The minimum absolute atomic E-state index is 0.242. The largest absolute Gasteiger partial charge is 0.366 e. The second-order valence-corrected chi connectivity index (χ2v) is 5.88. The van der Waals surface area contributed by atoms with Crippen molar-refractivity contribution in [2.75, 3.05) is 5.32 Å². The van der Waals surface area contributed by atoms with Crippen LogP contribution in [-0.4, -0.2) is 26.6 Å². The number of aromatic nitrogens is 3. The summed E-state index contributed by atoms with van der Waals surface area (Å²) in [4.78, 5) is 24.2. The van der Waals surface area contributed by atoms with Gasteiger partial charge in [0.05, 0.1) is 0 Å². The van der Waals surface area contributed by atoms with E-state index in [4.69, 9.17) is 5.73 Å². The van der Waals surface area contributed by atoms with E-state index in [1.807, 2.05) is 41.8 Å². The second-order valence-electron chi connectivity index (χ2n) is 5.88. The first-order chi connectivity index (χ1) is 12.5. The van der Waals surface area contributed by atoms with Crippen LogP contribution in [0.3, 0.4) is 0 Å². The molecule has 0 aliphatic carbocycles. The van der Waals surface area contributed by atoms with E-state index < -0.39 is 5.91 Å². The molecule has 0 fully saturated rings. The molecule has 0 unspecified atom stereocenters. The van der Waals surface area contributed by atoms with Crippen molar-refractivity contribution in [1.29, 1.82) is 0 Å². The maximum atomic E-state index is 12.5. The van der Waals surface area contributed by atoms with Crippen LogP contribution in [0.2, 0.25) is 0 Å². The van der Waals surface area contributed by atoms with Gasteiger partial charge in [-0.25, -0.2) is 0 Å². The average molecular weight is 349 g/mol. The van der Waals surface area contributed by atoms with Gasteiger partial charge >= 0.3 is 0 Å². The molecule has 7 heteroatoms. The molecule has 0 saturated carbocycles. The van der Waals surface area contributed by atoms with Gasteiger partial charge in [0.15, 0.2) is 0 Å². The van der Waals surface area contributed by atoms with E-state index >= 15 is 0 Å². The van der Waals surface area contributed by atoms with Crippen LogP contribution in [0.15, 0.2) is 54.9 Å². The van der Waals surface area contributed by atoms with Crippen LogP contribution in [0.5, 0.6) is 0 Å². The maximum Gasteiger partial charge on any atom is 0.255 e. The Balaban J connectivity index is 1.82. The zero-order valence-electron chi connectivity index (χ0n) is 14.3. The quantitative estimate of drug-likeness (QED) is 0.712. The Morgan fingerprint density at radius 2 is 1.92 bits per heavy atom. The van der Waals surface area contributed by atoms with Crippen molar-refractivity contribution in [2.24, 2.45) is 5.73 Å². The van der Waals surface area contributed by atoms with Crippen LogP contribution in [0.4, 0.5) is 5.69 Å². The van der Waals surface area contributed by atoms with Gasteiger partial charge in [-0.2, -0.15) is 0 Å². The summed E-state index contributed by atoms with van der Waals surface area (Å²) >= 11 is 0. The van der Waals surface area contributed by atoms with Crippen molar-refractivity contribution in [3.8, 4) is 0 Å². The lowest BCUT2D eigenvalue weighted by atomic mass is 10.00. The monoisotopic (exact) mass is 349 g/mol. The summed E-state index contributed by atoms with van der Waals surface area (Å²) in [5.74, 6) is 0.0213. The number of primary amides is 1. The first-order valence-corrected chi connectivity index (χ1v) is 8.18. The Hall–Kier alpha value is -3.48. The van der Waals surface area contributed by atoms with Gasteiger partial charge in [-0.15, -0.1) is 10.2 Å². The molecule has 0 atom stereocenters. The van der Waals surface area contributed by atoms with Gasteiger partial charge in [-0.3, -0.25) is 9.59 Å². The summed E-state index contributed by atoms with van der Waals surface area (Å²) in [5, 5.41) is 10.6. The fourth-order valence-electron chi connectivity index (χ4n) is 2.68. The molecule has 0 aliphatic rings. The summed E-state index contributed by atoms with van der Waals surface area (Å²) in [7, 11) is 0. The predicted molar refractivity (Wildman–Crippen MR) is 97.8 cm³/mol. The molecule has 7 nitrogen and oxygen atoms in total. The number of rotatable bonds is 6. The lowest BCUT2D eigenvalue weighted by Gasteiger charge is -2.11. The van der Waals surface area contributed by atoms with Crippen molar-refractivity contribution in [1.82, 2.24) is 14.8 Å². The highest BCUT2D eigenvalue weighted by atomic mass is 16.2. The van der Waals surface area contributed by atoms with Crippen molar-refractivity contribution in [2.45, 2.75) is 19.9 Å². The SMILES string of the molecule is Cc1nncn1CCc1cc(C(=O)Nc2ccccc2)ccc1C(N)=O. The van der Waals surface area contributed by atoms with Crippen LogP contribution in [0, 0.1) is 6.92 Å². The van der Waals surface area contributed by atoms with Crippen LogP contribution in [0.25, 0.3) is 0 Å². The van der Waals surface area contributed by atoms with E-state index in [9.17, 15) is 9.59 Å². The minimum Gasteiger partial charge on any atom is -0.366 e. The van der Waals surface area contributed by atoms with Gasteiger partial charge in [0.25, 0.3) is 5.91 Å². The van der Waals surface area contributed by atoms with E-state index in [1.165, 1.54) is 0 Å². The van der Waals surface area contributed by atoms with E-state index in [1.54, 1.807) is 24.5 Å². The van der Waals surface area contributed by atoms with Gasteiger partial charge in [-0.05, 0) is 49.2 Å². The number of anilines is 1. The first kappa shape index (κ1) is 17.3. The molecule has 2 aromatic carbocycles. The number of hydrogen-bond acceptors (Lipinski definition) is 4. The molecule has 0 spiro atoms. The number of carbonyl (C=O) groups excluding carboxylic acids is 2. The molecule has 0 radical (unpaired) electrons. The third kappa shape index (κ3) is 3.94. The number of carbonyl (C=O) groups is 2. The third-order valence-electron chi connectivity index (χ3n) is 4.10. The number of benzene rings is 2. The minimum atomic E-state index is -0.518. The van der Waals surface area contributed by atoms with Crippen molar-refractivity contribution in [3.63, 3.8) is 0 Å². The van der Waals surface area contributed by atoms with E-state index in [-0.39, 0.29) is 5.91 Å². The Labute approximate surface area is 150 Å². The van der Waals surface area contributed by atoms with Crippen molar-refractivity contribution < 1.29 is 9.59 Å². The molecule has 1 aromatic heterocycles. The number of nitrogens with zero attached hydrogens (tertiary/aromatic N) is 3. The number of aryl methyl sites for hydroxylation is 3. The highest BCUT2D eigenvalue weighted by Gasteiger charge is 2.13. The summed E-state index contributed by atoms with van der Waals surface area (Å²) in [6.45, 7) is 2.44. The number of nitrogens with two attached hydrogens (primary N) is 1. The zero-order valence-corrected chi connectivity index (χ0v) is 14.3. The van der Waals surface area contributed by atoms with Crippen molar-refractivity contribution >= 4 is 17.5 Å². The van der Waals surface area contributed by atoms with Gasteiger partial charge in [0.2, 0.25) is 5.91 Å². The standard InChI is InChI=1S/C19H19N5O2/c1-13-23-21-12-24(13)10-9-14-11-15(7-8-17(14)18(20)25)19(26)22-16-5-3-2-4-6-16/h2-8,11-12H,9-10H2,1H3,(H2,20,25)(H,22,26). The smallest absolute Gasteiger partial charge is 0.255 e. The van der Waals surface area contributed by atoms with Gasteiger partial charge in [0, 0.05) is 23.4 Å². The van der Waals surface area contributed by atoms with Crippen molar-refractivity contribution in [3.05, 3.63) is 77.4 Å². The fourth-order valence-corrected chi connectivity index (χ4v) is 2.68. The zero-order chi connectivity index (χ0) is 18.5. The lowest BCUT2D eigenvalue weighted by Crippen LogP contribution is -2.17. The summed E-state index contributed by atoms with van der Waals surface area (Å²) in [5.41, 5.74) is 7.77. The molecule has 3 aromatic rings.